The van der Waals surface area contributed by atoms with Crippen molar-refractivity contribution in [1.82, 2.24) is 9.97 Å². The second-order valence-corrected chi connectivity index (χ2v) is 4.58. The fourth-order valence-corrected chi connectivity index (χ4v) is 2.12. The summed E-state index contributed by atoms with van der Waals surface area (Å²) in [5, 5.41) is 3.12. The predicted octanol–water partition coefficient (Wildman–Crippen LogP) is 3.23. The summed E-state index contributed by atoms with van der Waals surface area (Å²) in [6.45, 7) is 0.614. The third-order valence-electron chi connectivity index (χ3n) is 3.17. The van der Waals surface area contributed by atoms with Crippen LogP contribution in [0.2, 0.25) is 0 Å². The van der Waals surface area contributed by atoms with Crippen LogP contribution in [0, 0.1) is 0 Å². The summed E-state index contributed by atoms with van der Waals surface area (Å²) >= 11 is 0. The topological polar surface area (TPSA) is 49.9 Å². The van der Waals surface area contributed by atoms with Crippen LogP contribution in [0.3, 0.4) is 0 Å². The lowest BCUT2D eigenvalue weighted by Crippen LogP contribution is -2.02. The molecule has 0 unspecified atom stereocenters. The van der Waals surface area contributed by atoms with Crippen LogP contribution in [0.4, 0.5) is 5.69 Å². The van der Waals surface area contributed by atoms with Gasteiger partial charge in [0.1, 0.15) is 11.6 Å². The van der Waals surface area contributed by atoms with Crippen molar-refractivity contribution in [3.05, 3.63) is 54.4 Å². The number of nitrogens with zero attached hydrogens (tertiary/aromatic N) is 1. The zero-order valence-corrected chi connectivity index (χ0v) is 11.4. The Morgan fingerprint density at radius 1 is 1.15 bits per heavy atom. The monoisotopic (exact) mass is 267 g/mol. The summed E-state index contributed by atoms with van der Waals surface area (Å²) in [7, 11) is 1.91. The zero-order chi connectivity index (χ0) is 13.8. The van der Waals surface area contributed by atoms with Crippen LogP contribution < -0.4 is 10.1 Å². The van der Waals surface area contributed by atoms with Gasteiger partial charge in [0.2, 0.25) is 0 Å². The van der Waals surface area contributed by atoms with Gasteiger partial charge in [-0.05, 0) is 30.3 Å². The highest BCUT2D eigenvalue weighted by Crippen LogP contribution is 2.17. The molecule has 0 aliphatic rings. The van der Waals surface area contributed by atoms with Crippen LogP contribution in [-0.4, -0.2) is 23.6 Å². The highest BCUT2D eigenvalue weighted by atomic mass is 16.5. The molecule has 0 radical (unpaired) electrons. The first-order chi connectivity index (χ1) is 9.85. The van der Waals surface area contributed by atoms with Crippen molar-refractivity contribution in [2.24, 2.45) is 0 Å². The maximum absolute atomic E-state index is 5.68. The molecule has 1 heterocycles. The van der Waals surface area contributed by atoms with E-state index in [1.54, 1.807) is 0 Å². The van der Waals surface area contributed by atoms with Crippen molar-refractivity contribution >= 4 is 16.7 Å². The molecule has 0 saturated heterocycles. The Hall–Kier alpha value is -2.49. The molecule has 0 spiro atoms. The number of aromatic amines is 1. The van der Waals surface area contributed by atoms with E-state index < -0.39 is 0 Å². The van der Waals surface area contributed by atoms with Crippen LogP contribution in [-0.2, 0) is 6.42 Å². The van der Waals surface area contributed by atoms with E-state index in [4.69, 9.17) is 4.74 Å². The van der Waals surface area contributed by atoms with Gasteiger partial charge < -0.3 is 15.0 Å². The van der Waals surface area contributed by atoms with Crippen LogP contribution in [0.5, 0.6) is 5.75 Å². The van der Waals surface area contributed by atoms with E-state index >= 15 is 0 Å². The Balaban J connectivity index is 1.66. The lowest BCUT2D eigenvalue weighted by Gasteiger charge is -2.03. The van der Waals surface area contributed by atoms with E-state index in [-0.39, 0.29) is 0 Å². The molecule has 0 aliphatic carbocycles. The van der Waals surface area contributed by atoms with Crippen molar-refractivity contribution in [3.63, 3.8) is 0 Å². The number of hydrogen-bond acceptors (Lipinski definition) is 3. The molecule has 1 aromatic heterocycles. The van der Waals surface area contributed by atoms with Crippen molar-refractivity contribution in [2.45, 2.75) is 6.42 Å². The summed E-state index contributed by atoms with van der Waals surface area (Å²) in [6.07, 6.45) is 0.762. The number of ether oxygens (including phenoxy) is 1. The second-order valence-electron chi connectivity index (χ2n) is 4.58. The van der Waals surface area contributed by atoms with Gasteiger partial charge in [0.15, 0.2) is 0 Å². The molecule has 0 bridgehead atoms. The first kappa shape index (κ1) is 12.5. The van der Waals surface area contributed by atoms with Gasteiger partial charge in [-0.25, -0.2) is 4.98 Å². The number of H-pyrrole nitrogens is 1. The summed E-state index contributed by atoms with van der Waals surface area (Å²) in [6, 6.07) is 15.9. The van der Waals surface area contributed by atoms with E-state index in [1.165, 1.54) is 0 Å². The number of para-hydroxylation sites is 1. The lowest BCUT2D eigenvalue weighted by atomic mass is 10.3. The predicted molar refractivity (Wildman–Crippen MR) is 81.3 cm³/mol. The van der Waals surface area contributed by atoms with E-state index in [0.29, 0.717) is 6.61 Å². The largest absolute Gasteiger partial charge is 0.493 e. The molecule has 0 atom stereocenters. The molecule has 2 N–H and O–H groups in total. The summed E-state index contributed by atoms with van der Waals surface area (Å²) < 4.78 is 5.68. The molecule has 3 rings (SSSR count). The fourth-order valence-electron chi connectivity index (χ4n) is 2.12. The highest BCUT2D eigenvalue weighted by Gasteiger charge is 2.03. The van der Waals surface area contributed by atoms with E-state index in [9.17, 15) is 0 Å². The molecular formula is C16H17N3O. The average molecular weight is 267 g/mol. The summed E-state index contributed by atoms with van der Waals surface area (Å²) in [5.74, 6) is 1.84. The molecule has 20 heavy (non-hydrogen) atoms. The molecule has 0 fully saturated rings. The molecule has 0 saturated carbocycles. The number of rotatable bonds is 5. The Labute approximate surface area is 117 Å². The van der Waals surface area contributed by atoms with E-state index in [2.05, 4.69) is 21.4 Å². The second kappa shape index (κ2) is 5.65. The molecule has 102 valence electrons. The van der Waals surface area contributed by atoms with Crippen molar-refractivity contribution in [2.75, 3.05) is 19.0 Å². The number of fused-ring (bicyclic) bond motifs is 1. The highest BCUT2D eigenvalue weighted by molar-refractivity contribution is 5.79. The van der Waals surface area contributed by atoms with Crippen molar-refractivity contribution < 1.29 is 4.74 Å². The van der Waals surface area contributed by atoms with Crippen LogP contribution in [0.1, 0.15) is 5.82 Å². The molecule has 0 amide bonds. The van der Waals surface area contributed by atoms with Gasteiger partial charge in [-0.1, -0.05) is 18.2 Å². The first-order valence-electron chi connectivity index (χ1n) is 6.69. The number of aromatic nitrogens is 2. The van der Waals surface area contributed by atoms with Gasteiger partial charge in [-0.15, -0.1) is 0 Å². The van der Waals surface area contributed by atoms with Gasteiger partial charge >= 0.3 is 0 Å². The van der Waals surface area contributed by atoms with E-state index in [0.717, 1.165) is 34.7 Å². The lowest BCUT2D eigenvalue weighted by molar-refractivity contribution is 0.319. The Bertz CT molecular complexity index is 691. The number of anilines is 1. The third kappa shape index (κ3) is 2.74. The van der Waals surface area contributed by atoms with Gasteiger partial charge in [0.05, 0.1) is 17.6 Å². The first-order valence-corrected chi connectivity index (χ1v) is 6.69. The van der Waals surface area contributed by atoms with Crippen molar-refractivity contribution in [1.29, 1.82) is 0 Å². The Kier molecular flexibility index (Phi) is 3.54. The molecule has 3 aromatic rings. The Morgan fingerprint density at radius 3 is 2.80 bits per heavy atom. The number of benzene rings is 2. The van der Waals surface area contributed by atoms with Crippen molar-refractivity contribution in [3.8, 4) is 5.75 Å². The van der Waals surface area contributed by atoms with Gasteiger partial charge in [-0.3, -0.25) is 0 Å². The number of nitrogens with one attached hydrogen (secondary N) is 2. The minimum Gasteiger partial charge on any atom is -0.493 e. The smallest absolute Gasteiger partial charge is 0.119 e. The minimum absolute atomic E-state index is 0.614. The van der Waals surface area contributed by atoms with Gasteiger partial charge in [0.25, 0.3) is 0 Å². The zero-order valence-electron chi connectivity index (χ0n) is 11.4. The summed E-state index contributed by atoms with van der Waals surface area (Å²) in [5.41, 5.74) is 3.11. The molecular weight excluding hydrogens is 250 g/mol. The third-order valence-corrected chi connectivity index (χ3v) is 3.17. The quantitative estimate of drug-likeness (QED) is 0.746. The minimum atomic E-state index is 0.614. The van der Waals surface area contributed by atoms with Crippen LogP contribution in [0.15, 0.2) is 48.5 Å². The Morgan fingerprint density at radius 2 is 2.00 bits per heavy atom. The number of imidazole rings is 1. The number of hydrogen-bond donors (Lipinski definition) is 2. The average Bonchev–Trinajstić information content (AvgIpc) is 2.90. The normalized spacial score (nSPS) is 10.7. The molecule has 2 aromatic carbocycles. The van der Waals surface area contributed by atoms with Crippen LogP contribution in [0.25, 0.3) is 11.0 Å². The summed E-state index contributed by atoms with van der Waals surface area (Å²) in [4.78, 5) is 7.88. The maximum atomic E-state index is 5.68. The SMILES string of the molecule is CNc1ccc2nc(CCOc3ccccc3)[nH]c2c1. The maximum Gasteiger partial charge on any atom is 0.119 e. The van der Waals surface area contributed by atoms with Gasteiger partial charge in [0, 0.05) is 19.2 Å². The standard InChI is InChI=1S/C16H17N3O/c1-17-12-7-8-14-15(11-12)19-16(18-14)9-10-20-13-5-3-2-4-6-13/h2-8,11,17H,9-10H2,1H3,(H,18,19). The van der Waals surface area contributed by atoms with Crippen LogP contribution >= 0.6 is 0 Å². The molecule has 4 nitrogen and oxygen atoms in total. The molecule has 4 heteroatoms. The van der Waals surface area contributed by atoms with Gasteiger partial charge in [-0.2, -0.15) is 0 Å². The fraction of sp³-hybridized carbons (Fsp3) is 0.188. The molecule has 0 aliphatic heterocycles. The van der Waals surface area contributed by atoms with E-state index in [1.807, 2.05) is 49.5 Å².